The lowest BCUT2D eigenvalue weighted by molar-refractivity contribution is 0.443. The molecular weight excluding hydrogens is 416 g/mol. The molecule has 1 aliphatic carbocycles. The van der Waals surface area contributed by atoms with E-state index in [-0.39, 0.29) is 0 Å². The average Bonchev–Trinajstić information content (AvgIpc) is 2.78. The lowest BCUT2D eigenvalue weighted by Gasteiger charge is -2.24. The Bertz CT molecular complexity index is 1340. The highest BCUT2D eigenvalue weighted by Crippen LogP contribution is 2.36. The zero-order chi connectivity index (χ0) is 23.3. The number of hydrogen-bond donors (Lipinski definition) is 0. The van der Waals surface area contributed by atoms with Crippen molar-refractivity contribution in [1.82, 2.24) is 9.97 Å². The Labute approximate surface area is 199 Å². The largest absolute Gasteiger partial charge is 0.233 e. The number of hydrogen-bond acceptors (Lipinski definition) is 2. The van der Waals surface area contributed by atoms with Gasteiger partial charge in [-0.25, -0.2) is 9.97 Å². The minimum absolute atomic E-state index is 0.728. The number of rotatable bonds is 3. The van der Waals surface area contributed by atoms with E-state index >= 15 is 0 Å². The topological polar surface area (TPSA) is 25.8 Å². The zero-order valence-corrected chi connectivity index (χ0v) is 22.0. The molecule has 0 amide bonds. The fraction of sp³-hybridized carbons (Fsp3) is 0.400. The van der Waals surface area contributed by atoms with Crippen molar-refractivity contribution in [2.45, 2.75) is 78.4 Å². The van der Waals surface area contributed by atoms with Crippen LogP contribution in [0, 0.1) is 20.8 Å². The first kappa shape index (κ1) is 22.3. The minimum Gasteiger partial charge on any atom is -0.233 e. The molecule has 0 aliphatic heterocycles. The van der Waals surface area contributed by atoms with Gasteiger partial charge in [-0.15, -0.1) is 0 Å². The van der Waals surface area contributed by atoms with Crippen LogP contribution in [0.5, 0.6) is 0 Å². The summed E-state index contributed by atoms with van der Waals surface area (Å²) in [4.78, 5) is 9.94. The third-order valence-electron chi connectivity index (χ3n) is 7.54. The van der Waals surface area contributed by atoms with Gasteiger partial charge in [-0.2, -0.15) is 0 Å². The lowest BCUT2D eigenvalue weighted by Crippen LogP contribution is -2.41. The van der Waals surface area contributed by atoms with Gasteiger partial charge < -0.3 is 0 Å². The smallest absolute Gasteiger partial charge is 0.126 e. The first-order valence-electron chi connectivity index (χ1n) is 12.6. The second-order valence-electron chi connectivity index (χ2n) is 11.1. The maximum Gasteiger partial charge on any atom is 0.126 e. The average molecular weight is 453 g/mol. The van der Waals surface area contributed by atoms with Crippen molar-refractivity contribution in [2.75, 3.05) is 0 Å². The molecular formula is C30H36N2Si. The number of aryl methyl sites for hydroxylation is 3. The SMILES string of the molecule is Cc1nc(-c2ccc(C3CCCCC3)cc2)c2ccc3cc(C)c([Si](C)(C)C)c(C)c3c2n1. The van der Waals surface area contributed by atoms with Crippen molar-refractivity contribution < 1.29 is 0 Å². The Morgan fingerprint density at radius 3 is 2.18 bits per heavy atom. The first-order valence-corrected chi connectivity index (χ1v) is 16.1. The van der Waals surface area contributed by atoms with Gasteiger partial charge in [0.1, 0.15) is 5.82 Å². The maximum absolute atomic E-state index is 5.00. The molecule has 3 aromatic carbocycles. The van der Waals surface area contributed by atoms with Crippen LogP contribution in [0.15, 0.2) is 42.5 Å². The molecule has 2 nitrogen and oxygen atoms in total. The minimum atomic E-state index is -1.48. The van der Waals surface area contributed by atoms with Crippen LogP contribution >= 0.6 is 0 Å². The fourth-order valence-electron chi connectivity index (χ4n) is 6.29. The second kappa shape index (κ2) is 8.36. The maximum atomic E-state index is 5.00. The van der Waals surface area contributed by atoms with E-state index in [4.69, 9.17) is 9.97 Å². The molecule has 1 aromatic heterocycles. The summed E-state index contributed by atoms with van der Waals surface area (Å²) in [7, 11) is -1.48. The van der Waals surface area contributed by atoms with E-state index in [2.05, 4.69) is 76.0 Å². The highest BCUT2D eigenvalue weighted by molar-refractivity contribution is 6.89. The molecule has 4 aromatic rings. The zero-order valence-electron chi connectivity index (χ0n) is 21.0. The molecule has 170 valence electrons. The van der Waals surface area contributed by atoms with Crippen LogP contribution in [-0.4, -0.2) is 18.0 Å². The highest BCUT2D eigenvalue weighted by atomic mass is 28.3. The third-order valence-corrected chi connectivity index (χ3v) is 9.81. The van der Waals surface area contributed by atoms with Gasteiger partial charge in [-0.1, -0.05) is 86.1 Å². The summed E-state index contributed by atoms with van der Waals surface area (Å²) in [6.07, 6.45) is 6.80. The van der Waals surface area contributed by atoms with E-state index < -0.39 is 8.07 Å². The van der Waals surface area contributed by atoms with Crippen molar-refractivity contribution in [1.29, 1.82) is 0 Å². The van der Waals surface area contributed by atoms with Gasteiger partial charge in [0.2, 0.25) is 0 Å². The Hall–Kier alpha value is -2.52. The van der Waals surface area contributed by atoms with Gasteiger partial charge in [0, 0.05) is 16.3 Å². The summed E-state index contributed by atoms with van der Waals surface area (Å²) in [5.74, 6) is 1.57. The standard InChI is InChI=1S/C30H36N2Si/c1-19-18-25-16-17-26-28(24-14-12-23(13-15-24)22-10-8-7-9-11-22)31-21(3)32-29(26)27(25)20(2)30(19)33(4,5)6/h12-18,22H,7-11H2,1-6H3. The Morgan fingerprint density at radius 1 is 0.818 bits per heavy atom. The molecule has 0 atom stereocenters. The van der Waals surface area contributed by atoms with E-state index in [0.29, 0.717) is 0 Å². The predicted octanol–water partition coefficient (Wildman–Crippen LogP) is 7.97. The van der Waals surface area contributed by atoms with Crippen molar-refractivity contribution in [3.8, 4) is 11.3 Å². The quantitative estimate of drug-likeness (QED) is 0.233. The van der Waals surface area contributed by atoms with Crippen LogP contribution in [0.3, 0.4) is 0 Å². The van der Waals surface area contributed by atoms with Gasteiger partial charge in [0.25, 0.3) is 0 Å². The van der Waals surface area contributed by atoms with Crippen LogP contribution in [-0.2, 0) is 0 Å². The summed E-state index contributed by atoms with van der Waals surface area (Å²) in [6.45, 7) is 13.9. The Balaban J connectivity index is 1.70. The molecule has 0 spiro atoms. The van der Waals surface area contributed by atoms with E-state index in [1.807, 2.05) is 6.92 Å². The number of fused-ring (bicyclic) bond motifs is 3. The van der Waals surface area contributed by atoms with Crippen molar-refractivity contribution in [3.63, 3.8) is 0 Å². The van der Waals surface area contributed by atoms with Crippen LogP contribution in [0.2, 0.25) is 19.6 Å². The van der Waals surface area contributed by atoms with Gasteiger partial charge >= 0.3 is 0 Å². The van der Waals surface area contributed by atoms with E-state index in [1.165, 1.54) is 65.1 Å². The van der Waals surface area contributed by atoms with Crippen molar-refractivity contribution in [3.05, 3.63) is 65.0 Å². The molecule has 1 saturated carbocycles. The normalized spacial score (nSPS) is 15.5. The van der Waals surface area contributed by atoms with Crippen LogP contribution in [0.25, 0.3) is 32.9 Å². The van der Waals surface area contributed by atoms with E-state index in [9.17, 15) is 0 Å². The van der Waals surface area contributed by atoms with Crippen LogP contribution < -0.4 is 5.19 Å². The van der Waals surface area contributed by atoms with Crippen LogP contribution in [0.4, 0.5) is 0 Å². The Morgan fingerprint density at radius 2 is 1.52 bits per heavy atom. The lowest BCUT2D eigenvalue weighted by atomic mass is 9.84. The summed E-state index contributed by atoms with van der Waals surface area (Å²) < 4.78 is 0. The molecule has 0 N–H and O–H groups in total. The molecule has 0 unspecified atom stereocenters. The number of aromatic nitrogens is 2. The molecule has 3 heteroatoms. The molecule has 0 saturated heterocycles. The molecule has 0 radical (unpaired) electrons. The fourth-order valence-corrected chi connectivity index (χ4v) is 8.79. The molecule has 1 heterocycles. The number of benzene rings is 3. The predicted molar refractivity (Wildman–Crippen MR) is 145 cm³/mol. The van der Waals surface area contributed by atoms with Crippen LogP contribution in [0.1, 0.15) is 60.5 Å². The highest BCUT2D eigenvalue weighted by Gasteiger charge is 2.24. The number of nitrogens with zero attached hydrogens (tertiary/aromatic N) is 2. The molecule has 1 aliphatic rings. The molecule has 1 fully saturated rings. The van der Waals surface area contributed by atoms with Crippen molar-refractivity contribution in [2.24, 2.45) is 0 Å². The first-order chi connectivity index (χ1) is 15.7. The third kappa shape index (κ3) is 4.01. The molecule has 5 rings (SSSR count). The molecule has 0 bridgehead atoms. The summed E-state index contributed by atoms with van der Waals surface area (Å²) in [5.41, 5.74) is 7.67. The van der Waals surface area contributed by atoms with Gasteiger partial charge in [-0.3, -0.25) is 0 Å². The van der Waals surface area contributed by atoms with Gasteiger partial charge in [0.05, 0.1) is 19.3 Å². The van der Waals surface area contributed by atoms with Gasteiger partial charge in [-0.05, 0) is 62.1 Å². The summed E-state index contributed by atoms with van der Waals surface area (Å²) in [5, 5.41) is 5.32. The van der Waals surface area contributed by atoms with E-state index in [0.717, 1.165) is 28.3 Å². The monoisotopic (exact) mass is 452 g/mol. The van der Waals surface area contributed by atoms with Gasteiger partial charge in [0.15, 0.2) is 0 Å². The van der Waals surface area contributed by atoms with Crippen molar-refractivity contribution >= 4 is 34.9 Å². The van der Waals surface area contributed by atoms with E-state index in [1.54, 1.807) is 5.19 Å². The summed E-state index contributed by atoms with van der Waals surface area (Å²) in [6, 6.07) is 16.1. The molecule has 33 heavy (non-hydrogen) atoms. The Kier molecular flexibility index (Phi) is 5.64. The second-order valence-corrected chi connectivity index (χ2v) is 16.1. The summed E-state index contributed by atoms with van der Waals surface area (Å²) >= 11 is 0.